The molecule has 0 bridgehead atoms. The molecule has 7 rings (SSSR count). The average molecular weight is 628 g/mol. The predicted molar refractivity (Wildman–Crippen MR) is 168 cm³/mol. The van der Waals surface area contributed by atoms with Gasteiger partial charge in [0, 0.05) is 42.0 Å². The molecule has 45 heavy (non-hydrogen) atoms. The molecule has 6 aromatic rings. The molecule has 1 aromatic carbocycles. The van der Waals surface area contributed by atoms with Crippen LogP contribution < -0.4 is 9.46 Å². The number of imidazole rings is 1. The normalized spacial score (nSPS) is 14.1. The molecular formula is C31H30FN9O3S. The van der Waals surface area contributed by atoms with Crippen LogP contribution in [-0.4, -0.2) is 80.9 Å². The number of sulfonamides is 1. The Morgan fingerprint density at radius 2 is 1.91 bits per heavy atom. The number of hydrogen-bond donors (Lipinski definition) is 3. The zero-order valence-electron chi connectivity index (χ0n) is 24.4. The van der Waals surface area contributed by atoms with Crippen molar-refractivity contribution in [2.45, 2.75) is 19.4 Å². The lowest BCUT2D eigenvalue weighted by Crippen LogP contribution is -2.25. The smallest absolute Gasteiger partial charge is 0.209 e. The second-order valence-corrected chi connectivity index (χ2v) is 12.9. The van der Waals surface area contributed by atoms with Crippen LogP contribution in [-0.2, 0) is 16.6 Å². The summed E-state index contributed by atoms with van der Waals surface area (Å²) in [5.41, 5.74) is 5.48. The number of aromatic nitrogens is 7. The molecule has 0 radical (unpaired) electrons. The molecule has 1 aliphatic heterocycles. The number of H-pyrrole nitrogens is 2. The lowest BCUT2D eigenvalue weighted by atomic mass is 10.0. The third-order valence-electron chi connectivity index (χ3n) is 7.75. The summed E-state index contributed by atoms with van der Waals surface area (Å²) < 4.78 is 46.2. The van der Waals surface area contributed by atoms with E-state index in [1.165, 1.54) is 25.0 Å². The van der Waals surface area contributed by atoms with Crippen molar-refractivity contribution < 1.29 is 17.5 Å². The minimum atomic E-state index is -3.44. The van der Waals surface area contributed by atoms with E-state index in [0.717, 1.165) is 42.4 Å². The lowest BCUT2D eigenvalue weighted by Gasteiger charge is -2.15. The van der Waals surface area contributed by atoms with E-state index in [-0.39, 0.29) is 6.54 Å². The Kier molecular flexibility index (Phi) is 7.69. The van der Waals surface area contributed by atoms with Crippen LogP contribution in [0.3, 0.4) is 0 Å². The van der Waals surface area contributed by atoms with Crippen molar-refractivity contribution in [1.82, 2.24) is 44.7 Å². The summed E-state index contributed by atoms with van der Waals surface area (Å²) in [6.45, 7) is 3.69. The van der Waals surface area contributed by atoms with Gasteiger partial charge in [0.1, 0.15) is 29.4 Å². The van der Waals surface area contributed by atoms with Gasteiger partial charge in [-0.15, -0.1) is 0 Å². The highest BCUT2D eigenvalue weighted by Crippen LogP contribution is 2.33. The largest absolute Gasteiger partial charge is 0.491 e. The molecule has 0 amide bonds. The zero-order chi connectivity index (χ0) is 31.0. The quantitative estimate of drug-likeness (QED) is 0.202. The predicted octanol–water partition coefficient (Wildman–Crippen LogP) is 4.29. The number of aromatic amines is 2. The molecule has 1 aliphatic rings. The van der Waals surface area contributed by atoms with Gasteiger partial charge in [0.2, 0.25) is 10.0 Å². The summed E-state index contributed by atoms with van der Waals surface area (Å²) in [6.07, 6.45) is 10.3. The number of hydrogen-bond acceptors (Lipinski definition) is 9. The van der Waals surface area contributed by atoms with Gasteiger partial charge in [0.15, 0.2) is 11.5 Å². The topological polar surface area (TPSA) is 155 Å². The Morgan fingerprint density at radius 1 is 1.04 bits per heavy atom. The van der Waals surface area contributed by atoms with Gasteiger partial charge in [-0.1, -0.05) is 0 Å². The highest BCUT2D eigenvalue weighted by atomic mass is 32.2. The molecule has 0 aliphatic carbocycles. The third-order valence-corrected chi connectivity index (χ3v) is 8.42. The van der Waals surface area contributed by atoms with Crippen LogP contribution in [0.4, 0.5) is 4.39 Å². The van der Waals surface area contributed by atoms with E-state index >= 15 is 0 Å². The summed E-state index contributed by atoms with van der Waals surface area (Å²) in [5, 5.41) is 8.32. The number of halogens is 1. The van der Waals surface area contributed by atoms with Crippen LogP contribution in [0.15, 0.2) is 61.2 Å². The molecular weight excluding hydrogens is 597 g/mol. The minimum Gasteiger partial charge on any atom is -0.491 e. The van der Waals surface area contributed by atoms with Gasteiger partial charge in [0.25, 0.3) is 0 Å². The molecule has 14 heteroatoms. The maximum absolute atomic E-state index is 14.6. The van der Waals surface area contributed by atoms with Gasteiger partial charge in [-0.05, 0) is 73.5 Å². The van der Waals surface area contributed by atoms with E-state index in [1.54, 1.807) is 36.9 Å². The van der Waals surface area contributed by atoms with Gasteiger partial charge >= 0.3 is 0 Å². The Bertz CT molecular complexity index is 2120. The highest BCUT2D eigenvalue weighted by Gasteiger charge is 2.18. The molecule has 1 saturated heterocycles. The maximum atomic E-state index is 14.6. The Balaban J connectivity index is 1.19. The molecule has 0 atom stereocenters. The monoisotopic (exact) mass is 627 g/mol. The van der Waals surface area contributed by atoms with Gasteiger partial charge in [0.05, 0.1) is 29.9 Å². The van der Waals surface area contributed by atoms with Crippen LogP contribution in [0, 0.1) is 5.82 Å². The third kappa shape index (κ3) is 6.38. The fraction of sp³-hybridized carbons (Fsp3) is 0.258. The van der Waals surface area contributed by atoms with Crippen molar-refractivity contribution in [2.24, 2.45) is 0 Å². The number of nitrogens with one attached hydrogen (secondary N) is 3. The van der Waals surface area contributed by atoms with Crippen molar-refractivity contribution in [3.63, 3.8) is 0 Å². The Morgan fingerprint density at radius 3 is 2.76 bits per heavy atom. The van der Waals surface area contributed by atoms with Gasteiger partial charge in [-0.2, -0.15) is 5.10 Å². The first-order valence-electron chi connectivity index (χ1n) is 14.5. The fourth-order valence-electron chi connectivity index (χ4n) is 5.57. The molecule has 1 fully saturated rings. The average Bonchev–Trinajstić information content (AvgIpc) is 3.79. The van der Waals surface area contributed by atoms with E-state index in [1.807, 2.05) is 12.1 Å². The van der Waals surface area contributed by atoms with Crippen LogP contribution in [0.2, 0.25) is 0 Å². The number of benzene rings is 1. The first-order chi connectivity index (χ1) is 21.8. The SMILES string of the molecule is CS(=O)(=O)NCc1cc(F)cc(-c2ccnc3[nH]c(-c4n[nH]c5cnc(-c6cncc(OCCN7CCCC7)c6)cc45)nc23)c1. The van der Waals surface area contributed by atoms with Crippen LogP contribution in [0.5, 0.6) is 5.75 Å². The second-order valence-electron chi connectivity index (χ2n) is 11.1. The Hall–Kier alpha value is -4.79. The van der Waals surface area contributed by atoms with Crippen molar-refractivity contribution in [3.8, 4) is 39.7 Å². The number of pyridine rings is 3. The van der Waals surface area contributed by atoms with Crippen molar-refractivity contribution >= 4 is 32.1 Å². The van der Waals surface area contributed by atoms with Crippen LogP contribution in [0.1, 0.15) is 18.4 Å². The summed E-state index contributed by atoms with van der Waals surface area (Å²) in [6, 6.07) is 10.0. The summed E-state index contributed by atoms with van der Waals surface area (Å²) in [7, 11) is -3.44. The van der Waals surface area contributed by atoms with E-state index in [2.05, 4.69) is 39.8 Å². The number of likely N-dealkylation sites (tertiary alicyclic amines) is 1. The molecule has 0 spiro atoms. The van der Waals surface area contributed by atoms with Gasteiger partial charge in [-0.25, -0.2) is 27.5 Å². The number of ether oxygens (including phenoxy) is 1. The summed E-state index contributed by atoms with van der Waals surface area (Å²) in [5.74, 6) is 0.665. The summed E-state index contributed by atoms with van der Waals surface area (Å²) >= 11 is 0. The van der Waals surface area contributed by atoms with E-state index in [4.69, 9.17) is 9.72 Å². The van der Waals surface area contributed by atoms with Crippen molar-refractivity contribution in [2.75, 3.05) is 32.5 Å². The number of nitrogens with zero attached hydrogens (tertiary/aromatic N) is 6. The first-order valence-corrected chi connectivity index (χ1v) is 16.4. The molecule has 5 aromatic heterocycles. The maximum Gasteiger partial charge on any atom is 0.209 e. The number of fused-ring (bicyclic) bond motifs is 2. The Labute approximate surface area is 258 Å². The highest BCUT2D eigenvalue weighted by molar-refractivity contribution is 7.88. The van der Waals surface area contributed by atoms with E-state index < -0.39 is 15.8 Å². The van der Waals surface area contributed by atoms with Crippen molar-refractivity contribution in [1.29, 1.82) is 0 Å². The standard InChI is InChI=1S/C31H30FN9O3S/c1-45(42,43)36-15-19-10-20(12-22(32)11-19)24-4-5-34-30-28(24)37-31(38-30)29-25-14-26(35-18-27(25)39-40-29)21-13-23(17-33-16-21)44-9-8-41-6-2-3-7-41/h4-5,10-14,16-18,36H,2-3,6-9,15H2,1H3,(H,39,40)(H,34,37,38). The molecule has 0 saturated carbocycles. The second kappa shape index (κ2) is 12.0. The minimum absolute atomic E-state index is 0.0393. The molecule has 12 nitrogen and oxygen atoms in total. The van der Waals surface area contributed by atoms with E-state index in [0.29, 0.717) is 57.4 Å². The lowest BCUT2D eigenvalue weighted by molar-refractivity contribution is 0.237. The van der Waals surface area contributed by atoms with Crippen LogP contribution in [0.25, 0.3) is 56.0 Å². The molecule has 6 heterocycles. The molecule has 3 N–H and O–H groups in total. The molecule has 0 unspecified atom stereocenters. The summed E-state index contributed by atoms with van der Waals surface area (Å²) in [4.78, 5) is 23.9. The zero-order valence-corrected chi connectivity index (χ0v) is 25.2. The van der Waals surface area contributed by atoms with E-state index in [9.17, 15) is 12.8 Å². The number of rotatable bonds is 10. The van der Waals surface area contributed by atoms with Gasteiger partial charge < -0.3 is 9.72 Å². The fourth-order valence-corrected chi connectivity index (χ4v) is 6.00. The van der Waals surface area contributed by atoms with Gasteiger partial charge in [-0.3, -0.25) is 20.0 Å². The molecule has 230 valence electrons. The van der Waals surface area contributed by atoms with Crippen LogP contribution >= 0.6 is 0 Å². The van der Waals surface area contributed by atoms with Crippen molar-refractivity contribution in [3.05, 3.63) is 72.6 Å². The first kappa shape index (κ1) is 29.0.